The van der Waals surface area contributed by atoms with E-state index in [4.69, 9.17) is 18.9 Å². The van der Waals surface area contributed by atoms with Gasteiger partial charge in [0.15, 0.2) is 0 Å². The Morgan fingerprint density at radius 2 is 0.881 bits per heavy atom. The van der Waals surface area contributed by atoms with Gasteiger partial charge in [-0.2, -0.15) is 17.6 Å². The molecular formula is C32H40F4O6. The van der Waals surface area contributed by atoms with Crippen molar-refractivity contribution in [1.29, 1.82) is 0 Å². The summed E-state index contributed by atoms with van der Waals surface area (Å²) in [7, 11) is 0. The molecule has 0 unspecified atom stereocenters. The van der Waals surface area contributed by atoms with Gasteiger partial charge in [0.05, 0.1) is 23.3 Å². The minimum absolute atomic E-state index is 0.0821. The molecular weight excluding hydrogens is 556 g/mol. The molecule has 0 amide bonds. The lowest BCUT2D eigenvalue weighted by Gasteiger charge is -2.33. The number of hydrogen-bond donors (Lipinski definition) is 0. The Balaban J connectivity index is 0.00000211. The second-order valence-electron chi connectivity index (χ2n) is 9.06. The molecule has 0 saturated heterocycles. The van der Waals surface area contributed by atoms with Crippen LogP contribution in [0.3, 0.4) is 0 Å². The number of ether oxygens (including phenoxy) is 4. The van der Waals surface area contributed by atoms with Crippen LogP contribution in [0.4, 0.5) is 17.6 Å². The highest BCUT2D eigenvalue weighted by molar-refractivity contribution is 5.89. The van der Waals surface area contributed by atoms with E-state index < -0.39 is 47.5 Å². The lowest BCUT2D eigenvalue weighted by Crippen LogP contribution is -2.34. The van der Waals surface area contributed by atoms with Crippen molar-refractivity contribution < 1.29 is 46.1 Å². The third-order valence-corrected chi connectivity index (χ3v) is 5.75. The van der Waals surface area contributed by atoms with Crippen LogP contribution < -0.4 is 9.47 Å². The smallest absolute Gasteiger partial charge is 0.383 e. The number of carbonyl (C=O) groups is 2. The Bertz CT molecular complexity index is 1070. The molecule has 1 saturated carbocycles. The van der Waals surface area contributed by atoms with Crippen molar-refractivity contribution in [2.75, 3.05) is 0 Å². The van der Waals surface area contributed by atoms with Crippen molar-refractivity contribution in [1.82, 2.24) is 0 Å². The van der Waals surface area contributed by atoms with Crippen molar-refractivity contribution in [2.45, 2.75) is 91.7 Å². The van der Waals surface area contributed by atoms with E-state index in [-0.39, 0.29) is 48.3 Å². The predicted octanol–water partition coefficient (Wildman–Crippen LogP) is 8.85. The van der Waals surface area contributed by atoms with Crippen molar-refractivity contribution >= 4 is 11.9 Å². The maximum absolute atomic E-state index is 14.7. The lowest BCUT2D eigenvalue weighted by atomic mass is 9.94. The SMILES string of the molecule is C=C(C)C(=O)Oc1ccc(C(F)(F)OC2CCC(OC(F)(F)c3ccc(OC(=O)C(=C)C)cc3)CC2)cc1.CC.CC. The molecule has 0 radical (unpaired) electrons. The molecule has 0 atom stereocenters. The van der Waals surface area contributed by atoms with Gasteiger partial charge in [0, 0.05) is 11.1 Å². The summed E-state index contributed by atoms with van der Waals surface area (Å²) in [6.45, 7) is 17.8. The molecule has 2 aromatic carbocycles. The zero-order chi connectivity index (χ0) is 32.1. The summed E-state index contributed by atoms with van der Waals surface area (Å²) in [6, 6.07) is 9.22. The number of esters is 2. The van der Waals surface area contributed by atoms with Gasteiger partial charge >= 0.3 is 24.2 Å². The van der Waals surface area contributed by atoms with E-state index in [9.17, 15) is 27.2 Å². The maximum atomic E-state index is 14.7. The van der Waals surface area contributed by atoms with Crippen LogP contribution in [-0.4, -0.2) is 24.1 Å². The molecule has 0 aliphatic heterocycles. The topological polar surface area (TPSA) is 71.1 Å². The van der Waals surface area contributed by atoms with Gasteiger partial charge in [-0.05, 0) is 88.1 Å². The fraction of sp³-hybridized carbons (Fsp3) is 0.438. The first kappa shape index (κ1) is 36.5. The summed E-state index contributed by atoms with van der Waals surface area (Å²) in [5, 5.41) is 0. The second-order valence-corrected chi connectivity index (χ2v) is 9.06. The Labute approximate surface area is 245 Å². The van der Waals surface area contributed by atoms with E-state index >= 15 is 0 Å². The Kier molecular flexibility index (Phi) is 14.6. The summed E-state index contributed by atoms with van der Waals surface area (Å²) in [4.78, 5) is 23.1. The van der Waals surface area contributed by atoms with Crippen molar-refractivity contribution in [3.8, 4) is 11.5 Å². The molecule has 0 N–H and O–H groups in total. The first-order valence-corrected chi connectivity index (χ1v) is 13.8. The molecule has 10 heteroatoms. The van der Waals surface area contributed by atoms with Gasteiger partial charge in [-0.1, -0.05) is 40.9 Å². The molecule has 6 nitrogen and oxygen atoms in total. The molecule has 0 heterocycles. The van der Waals surface area contributed by atoms with Crippen LogP contribution in [-0.2, 0) is 31.3 Å². The number of alkyl halides is 4. The van der Waals surface area contributed by atoms with E-state index in [1.54, 1.807) is 0 Å². The third-order valence-electron chi connectivity index (χ3n) is 5.75. The molecule has 232 valence electrons. The van der Waals surface area contributed by atoms with Gasteiger partial charge < -0.3 is 18.9 Å². The van der Waals surface area contributed by atoms with Gasteiger partial charge in [0.2, 0.25) is 0 Å². The summed E-state index contributed by atoms with van der Waals surface area (Å²) < 4.78 is 78.7. The first-order valence-electron chi connectivity index (χ1n) is 13.8. The normalized spacial score (nSPS) is 16.5. The molecule has 3 rings (SSSR count). The minimum atomic E-state index is -3.63. The van der Waals surface area contributed by atoms with Crippen LogP contribution in [0.25, 0.3) is 0 Å². The van der Waals surface area contributed by atoms with Crippen LogP contribution in [0.1, 0.15) is 78.4 Å². The quantitative estimate of drug-likeness (QED) is 0.118. The number of hydrogen-bond acceptors (Lipinski definition) is 6. The zero-order valence-electron chi connectivity index (χ0n) is 25.0. The van der Waals surface area contributed by atoms with Crippen molar-refractivity contribution in [3.63, 3.8) is 0 Å². The third kappa shape index (κ3) is 11.1. The minimum Gasteiger partial charge on any atom is -0.423 e. The van der Waals surface area contributed by atoms with E-state index in [0.29, 0.717) is 0 Å². The summed E-state index contributed by atoms with van der Waals surface area (Å²) >= 11 is 0. The van der Waals surface area contributed by atoms with Crippen LogP contribution >= 0.6 is 0 Å². The molecule has 2 aromatic rings. The highest BCUT2D eigenvalue weighted by atomic mass is 19.3. The molecule has 0 aromatic heterocycles. The Morgan fingerprint density at radius 3 is 1.12 bits per heavy atom. The highest BCUT2D eigenvalue weighted by Crippen LogP contribution is 2.39. The van der Waals surface area contributed by atoms with Gasteiger partial charge in [-0.15, -0.1) is 0 Å². The average Bonchev–Trinajstić information content (AvgIpc) is 2.96. The van der Waals surface area contributed by atoms with E-state index in [0.717, 1.165) is 24.3 Å². The number of rotatable bonds is 10. The largest absolute Gasteiger partial charge is 0.423 e. The van der Waals surface area contributed by atoms with Crippen LogP contribution in [0.15, 0.2) is 72.8 Å². The summed E-state index contributed by atoms with van der Waals surface area (Å²) in [5.41, 5.74) is -0.538. The Morgan fingerprint density at radius 1 is 0.619 bits per heavy atom. The number of benzene rings is 2. The fourth-order valence-electron chi connectivity index (χ4n) is 3.64. The first-order chi connectivity index (χ1) is 19.8. The zero-order valence-corrected chi connectivity index (χ0v) is 25.0. The van der Waals surface area contributed by atoms with Crippen molar-refractivity contribution in [2.24, 2.45) is 0 Å². The molecule has 0 bridgehead atoms. The fourth-order valence-corrected chi connectivity index (χ4v) is 3.64. The van der Waals surface area contributed by atoms with E-state index in [1.165, 1.54) is 38.1 Å². The van der Waals surface area contributed by atoms with Crippen LogP contribution in [0.5, 0.6) is 11.5 Å². The standard InChI is InChI=1S/C28H28F4O6.2C2H6/c1-17(2)25(33)35-21-9-5-19(6-10-21)27(29,30)37-23-13-15-24(16-14-23)38-28(31,32)20-7-11-22(12-8-20)36-26(34)18(3)4;2*1-2/h5-12,23-24H,1,3,13-16H2,2,4H3;2*1-2H3. The van der Waals surface area contributed by atoms with Gasteiger partial charge in [-0.25, -0.2) is 9.59 Å². The highest BCUT2D eigenvalue weighted by Gasteiger charge is 2.40. The van der Waals surface area contributed by atoms with Crippen LogP contribution in [0.2, 0.25) is 0 Å². The van der Waals surface area contributed by atoms with Gasteiger partial charge in [-0.3, -0.25) is 0 Å². The molecule has 0 spiro atoms. The molecule has 1 aliphatic rings. The van der Waals surface area contributed by atoms with E-state index in [1.807, 2.05) is 27.7 Å². The lowest BCUT2D eigenvalue weighted by molar-refractivity contribution is -0.297. The monoisotopic (exact) mass is 596 g/mol. The second kappa shape index (κ2) is 16.8. The maximum Gasteiger partial charge on any atom is 0.383 e. The van der Waals surface area contributed by atoms with Crippen LogP contribution in [0, 0.1) is 0 Å². The van der Waals surface area contributed by atoms with Crippen molar-refractivity contribution in [3.05, 3.63) is 84.0 Å². The molecule has 42 heavy (non-hydrogen) atoms. The summed E-state index contributed by atoms with van der Waals surface area (Å²) in [5.74, 6) is -1.19. The molecule has 1 aliphatic carbocycles. The predicted molar refractivity (Wildman–Crippen MR) is 152 cm³/mol. The molecule has 1 fully saturated rings. The Hall–Kier alpha value is -3.50. The van der Waals surface area contributed by atoms with E-state index in [2.05, 4.69) is 13.2 Å². The number of carbonyl (C=O) groups excluding carboxylic acids is 2. The summed E-state index contributed by atoms with van der Waals surface area (Å²) in [6.07, 6.45) is -8.59. The van der Waals surface area contributed by atoms with Gasteiger partial charge in [0.25, 0.3) is 0 Å². The van der Waals surface area contributed by atoms with Gasteiger partial charge in [0.1, 0.15) is 11.5 Å². The number of halogens is 4. The average molecular weight is 597 g/mol.